The van der Waals surface area contributed by atoms with Crippen LogP contribution in [0.4, 0.5) is 38.0 Å². The molecule has 66 heavy (non-hydrogen) atoms. The number of hydrogen-bond donors (Lipinski definition) is 4. The van der Waals surface area contributed by atoms with E-state index >= 15 is 8.78 Å². The number of aromatic nitrogens is 6. The molecule has 12 nitrogen and oxygen atoms in total. The van der Waals surface area contributed by atoms with Gasteiger partial charge in [-0.1, -0.05) is 52.0 Å². The fourth-order valence-corrected chi connectivity index (χ4v) is 9.21. The third-order valence-electron chi connectivity index (χ3n) is 11.7. The monoisotopic (exact) mass is 960 g/mol. The fourth-order valence-electron chi connectivity index (χ4n) is 6.81. The van der Waals surface area contributed by atoms with E-state index in [1.165, 1.54) is 36.7 Å². The van der Waals surface area contributed by atoms with Gasteiger partial charge in [0.1, 0.15) is 72.3 Å². The molecule has 0 spiro atoms. The highest BCUT2D eigenvalue weighted by Crippen LogP contribution is 2.46. The second-order valence-corrected chi connectivity index (χ2v) is 24.2. The summed E-state index contributed by atoms with van der Waals surface area (Å²) in [4.78, 5) is 26.2. The summed E-state index contributed by atoms with van der Waals surface area (Å²) >= 11 is 0. The first-order valence-electron chi connectivity index (χ1n) is 21.2. The van der Waals surface area contributed by atoms with Crippen LogP contribution < -0.4 is 21.5 Å². The van der Waals surface area contributed by atoms with Crippen molar-refractivity contribution in [2.75, 3.05) is 24.0 Å². The molecule has 4 N–H and O–H groups in total. The molecule has 0 aliphatic heterocycles. The van der Waals surface area contributed by atoms with Crippen molar-refractivity contribution in [2.24, 2.45) is 0 Å². The van der Waals surface area contributed by atoms with Crippen molar-refractivity contribution in [1.29, 1.82) is 0 Å². The Morgan fingerprint density at radius 3 is 1.21 bits per heavy atom. The maximum Gasteiger partial charge on any atom is 0.301 e. The number of rotatable bonds is 14. The minimum absolute atomic E-state index is 0.00476. The first kappa shape index (κ1) is 52.0. The molecule has 0 amide bonds. The van der Waals surface area contributed by atoms with Gasteiger partial charge in [0, 0.05) is 33.2 Å². The van der Waals surface area contributed by atoms with Gasteiger partial charge in [0.15, 0.2) is 0 Å². The third-order valence-corrected chi connectivity index (χ3v) is 18.0. The second-order valence-electron chi connectivity index (χ2n) is 17.3. The van der Waals surface area contributed by atoms with Gasteiger partial charge in [0.2, 0.25) is 0 Å². The van der Waals surface area contributed by atoms with Crippen molar-refractivity contribution in [2.45, 2.75) is 117 Å². The van der Waals surface area contributed by atoms with Gasteiger partial charge in [0.05, 0.1) is 46.6 Å². The van der Waals surface area contributed by atoms with Crippen LogP contribution in [0.15, 0.2) is 60.9 Å². The highest BCUT2D eigenvalue weighted by atomic mass is 31.2. The highest BCUT2D eigenvalue weighted by molar-refractivity contribution is 7.71. The van der Waals surface area contributed by atoms with Crippen molar-refractivity contribution in [3.63, 3.8) is 0 Å². The number of alkyl halides is 4. The number of aliphatic hydroxyl groups is 2. The van der Waals surface area contributed by atoms with Gasteiger partial charge in [-0.05, 0) is 79.1 Å². The Balaban J connectivity index is 0.000000247. The van der Waals surface area contributed by atoms with Crippen molar-refractivity contribution in [1.82, 2.24) is 29.9 Å². The normalized spacial score (nSPS) is 16.0. The van der Waals surface area contributed by atoms with Crippen LogP contribution in [-0.4, -0.2) is 77.0 Å². The first-order chi connectivity index (χ1) is 30.5. The largest absolute Gasteiger partial charge is 0.387 e. The van der Waals surface area contributed by atoms with Gasteiger partial charge in [-0.3, -0.25) is 9.97 Å². The lowest BCUT2D eigenvalue weighted by molar-refractivity contribution is -0.108. The molecular formula is C46H56F6N8O4P2. The summed E-state index contributed by atoms with van der Waals surface area (Å²) in [5.41, 5.74) is -0.0988. The van der Waals surface area contributed by atoms with E-state index in [1.807, 2.05) is 27.7 Å². The number of fused-ring (bicyclic) bond motifs is 2. The summed E-state index contributed by atoms with van der Waals surface area (Å²) in [6.07, 6.45) is -1.04. The maximum absolute atomic E-state index is 15.1. The standard InChI is InChI=1S/2C23H28F3N4O2P/c2*1-12(2)33(6,32)20-10-17-19(11-27-20)29-15(5)30-22(17)28-13(3)16-8-7-9-18(21(16)24)23(25,26)14(4)31/h2*7-14,31H,1-6H3,(H,28,29,30). The van der Waals surface area contributed by atoms with Crippen LogP contribution in [-0.2, 0) is 21.0 Å². The summed E-state index contributed by atoms with van der Waals surface area (Å²) < 4.78 is 114. The van der Waals surface area contributed by atoms with E-state index in [4.69, 9.17) is 0 Å². The molecule has 6 unspecified atom stereocenters. The predicted molar refractivity (Wildman–Crippen MR) is 249 cm³/mol. The van der Waals surface area contributed by atoms with E-state index in [2.05, 4.69) is 40.5 Å². The molecule has 0 aliphatic rings. The summed E-state index contributed by atoms with van der Waals surface area (Å²) in [6.45, 7) is 19.2. The molecule has 6 rings (SSSR count). The van der Waals surface area contributed by atoms with Gasteiger partial charge >= 0.3 is 11.8 Å². The molecule has 6 aromatic rings. The Hall–Kier alpha value is -5.02. The molecule has 0 bridgehead atoms. The number of nitrogens with zero attached hydrogens (tertiary/aromatic N) is 6. The first-order valence-corrected chi connectivity index (χ1v) is 25.6. The van der Waals surface area contributed by atoms with Crippen LogP contribution in [0.25, 0.3) is 21.8 Å². The lowest BCUT2D eigenvalue weighted by Crippen LogP contribution is -2.29. The number of benzene rings is 2. The smallest absolute Gasteiger partial charge is 0.301 e. The second kappa shape index (κ2) is 19.7. The average molecular weight is 961 g/mol. The quantitative estimate of drug-likeness (QED) is 0.0601. The van der Waals surface area contributed by atoms with E-state index in [1.54, 1.807) is 53.2 Å². The van der Waals surface area contributed by atoms with Gasteiger partial charge < -0.3 is 30.0 Å². The molecule has 0 radical (unpaired) electrons. The minimum atomic E-state index is -3.74. The van der Waals surface area contributed by atoms with E-state index in [0.717, 1.165) is 26.0 Å². The lowest BCUT2D eigenvalue weighted by Gasteiger charge is -2.23. The number of pyridine rings is 2. The van der Waals surface area contributed by atoms with Gasteiger partial charge in [-0.2, -0.15) is 17.6 Å². The van der Waals surface area contributed by atoms with E-state index in [-0.39, 0.29) is 22.4 Å². The molecule has 6 atom stereocenters. The number of hydrogen-bond acceptors (Lipinski definition) is 12. The predicted octanol–water partition coefficient (Wildman–Crippen LogP) is 10.3. The molecule has 20 heteroatoms. The molecule has 2 aromatic carbocycles. The Morgan fingerprint density at radius 2 is 0.909 bits per heavy atom. The zero-order valence-corrected chi connectivity index (χ0v) is 40.6. The van der Waals surface area contributed by atoms with Crippen LogP contribution in [0.3, 0.4) is 0 Å². The molecular weight excluding hydrogens is 904 g/mol. The summed E-state index contributed by atoms with van der Waals surface area (Å²) in [5.74, 6) is -8.10. The summed E-state index contributed by atoms with van der Waals surface area (Å²) in [5, 5.41) is 26.1. The number of nitrogens with one attached hydrogen (secondary N) is 2. The van der Waals surface area contributed by atoms with Gasteiger partial charge in [-0.15, -0.1) is 0 Å². The molecule has 0 saturated carbocycles. The SMILES string of the molecule is Cc1nc(NC(C)c2cccc(C(F)(F)C(C)O)c2F)c2cc(P(C)(=O)C(C)C)ncc2n1.Cc1nc(NC(C)c2cccc(C(F)(F)C(C)O)c2F)c2cc(P(C)(=O)C(C)C)ncc2n1. The van der Waals surface area contributed by atoms with Crippen LogP contribution in [0.1, 0.15) is 101 Å². The summed E-state index contributed by atoms with van der Waals surface area (Å²) in [6, 6.07) is 9.21. The third kappa shape index (κ3) is 10.6. The van der Waals surface area contributed by atoms with Crippen LogP contribution >= 0.6 is 14.3 Å². The molecule has 0 aliphatic carbocycles. The lowest BCUT2D eigenvalue weighted by atomic mass is 9.97. The van der Waals surface area contributed by atoms with E-state index in [0.29, 0.717) is 56.0 Å². The number of anilines is 2. The number of aryl methyl sites for hydroxylation is 2. The Bertz CT molecular complexity index is 2660. The molecule has 0 saturated heterocycles. The maximum atomic E-state index is 15.1. The van der Waals surface area contributed by atoms with Crippen molar-refractivity contribution in [3.8, 4) is 0 Å². The Kier molecular flexibility index (Phi) is 15.5. The van der Waals surface area contributed by atoms with Crippen molar-refractivity contribution < 1.29 is 45.7 Å². The van der Waals surface area contributed by atoms with E-state index in [9.17, 15) is 36.9 Å². The highest BCUT2D eigenvalue weighted by Gasteiger charge is 2.42. The fraction of sp³-hybridized carbons (Fsp3) is 0.435. The van der Waals surface area contributed by atoms with Gasteiger partial charge in [-0.25, -0.2) is 28.7 Å². The Morgan fingerprint density at radius 1 is 0.576 bits per heavy atom. The topological polar surface area (TPSA) is 176 Å². The number of aliphatic hydroxyl groups excluding tert-OH is 2. The van der Waals surface area contributed by atoms with Crippen LogP contribution in [0, 0.1) is 25.5 Å². The van der Waals surface area contributed by atoms with Crippen LogP contribution in [0.5, 0.6) is 0 Å². The van der Waals surface area contributed by atoms with Crippen molar-refractivity contribution >= 4 is 58.6 Å². The van der Waals surface area contributed by atoms with Gasteiger partial charge in [0.25, 0.3) is 0 Å². The zero-order valence-electron chi connectivity index (χ0n) is 38.8. The molecule has 4 heterocycles. The molecule has 4 aromatic heterocycles. The average Bonchev–Trinajstić information content (AvgIpc) is 3.23. The minimum Gasteiger partial charge on any atom is -0.387 e. The molecule has 0 fully saturated rings. The van der Waals surface area contributed by atoms with E-state index < -0.39 is 73.2 Å². The zero-order chi connectivity index (χ0) is 49.4. The van der Waals surface area contributed by atoms with Crippen molar-refractivity contribution in [3.05, 3.63) is 106 Å². The number of halogens is 6. The molecule has 356 valence electrons. The summed E-state index contributed by atoms with van der Waals surface area (Å²) in [7, 11) is -5.50. The Labute approximate surface area is 380 Å². The van der Waals surface area contributed by atoms with Crippen LogP contribution in [0.2, 0.25) is 0 Å².